The van der Waals surface area contributed by atoms with Crippen molar-refractivity contribution in [2.75, 3.05) is 19.7 Å². The van der Waals surface area contributed by atoms with E-state index in [9.17, 15) is 4.79 Å². The van der Waals surface area contributed by atoms with Gasteiger partial charge in [0, 0.05) is 13.1 Å². The third-order valence-electron chi connectivity index (χ3n) is 3.59. The molecule has 0 saturated carbocycles. The summed E-state index contributed by atoms with van der Waals surface area (Å²) < 4.78 is 4.83. The maximum Gasteiger partial charge on any atom is 0.407 e. The van der Waals surface area contributed by atoms with Crippen molar-refractivity contribution >= 4 is 6.09 Å². The van der Waals surface area contributed by atoms with Crippen molar-refractivity contribution in [3.05, 3.63) is 35.4 Å². The first-order valence-corrected chi connectivity index (χ1v) is 7.48. The number of amides is 1. The van der Waals surface area contributed by atoms with E-state index in [0.717, 1.165) is 12.1 Å². The van der Waals surface area contributed by atoms with Crippen LogP contribution in [0.4, 0.5) is 4.79 Å². The summed E-state index contributed by atoms with van der Waals surface area (Å²) in [5, 5.41) is 2.73. The molecule has 1 aromatic carbocycles. The lowest BCUT2D eigenvalue weighted by atomic mass is 10.1. The Morgan fingerprint density at radius 3 is 2.45 bits per heavy atom. The van der Waals surface area contributed by atoms with Gasteiger partial charge in [-0.15, -0.1) is 0 Å². The lowest BCUT2D eigenvalue weighted by molar-refractivity contribution is 0.151. The quantitative estimate of drug-likeness (QED) is 0.899. The molecule has 110 valence electrons. The molecule has 1 aliphatic rings. The number of carbonyl (C=O) groups excluding carboxylic acids is 1. The highest BCUT2D eigenvalue weighted by Gasteiger charge is 2.10. The first-order valence-electron chi connectivity index (χ1n) is 7.48. The van der Waals surface area contributed by atoms with E-state index in [1.54, 1.807) is 6.92 Å². The number of piperidine rings is 1. The number of alkyl carbamates (subject to hydrolysis) is 1. The normalized spacial score (nSPS) is 15.8. The molecule has 1 aliphatic heterocycles. The fourth-order valence-corrected chi connectivity index (χ4v) is 2.49. The second kappa shape index (κ2) is 7.90. The van der Waals surface area contributed by atoms with Gasteiger partial charge in [0.2, 0.25) is 0 Å². The SMILES string of the molecule is CCOC(=O)NCc1ccc(CN2CCCCC2)cc1. The van der Waals surface area contributed by atoms with Crippen LogP contribution in [0.15, 0.2) is 24.3 Å². The van der Waals surface area contributed by atoms with Gasteiger partial charge in [0.1, 0.15) is 0 Å². The van der Waals surface area contributed by atoms with E-state index in [1.807, 2.05) is 0 Å². The van der Waals surface area contributed by atoms with Gasteiger partial charge in [-0.1, -0.05) is 30.7 Å². The second-order valence-electron chi connectivity index (χ2n) is 5.23. The molecule has 0 spiro atoms. The fraction of sp³-hybridized carbons (Fsp3) is 0.562. The average Bonchev–Trinajstić information content (AvgIpc) is 2.48. The monoisotopic (exact) mass is 276 g/mol. The van der Waals surface area contributed by atoms with E-state index in [2.05, 4.69) is 34.5 Å². The average molecular weight is 276 g/mol. The zero-order valence-corrected chi connectivity index (χ0v) is 12.2. The minimum atomic E-state index is -0.357. The molecular formula is C16H24N2O2. The van der Waals surface area contributed by atoms with E-state index < -0.39 is 0 Å². The Morgan fingerprint density at radius 1 is 1.15 bits per heavy atom. The van der Waals surface area contributed by atoms with Gasteiger partial charge in [-0.2, -0.15) is 0 Å². The van der Waals surface area contributed by atoms with Crippen molar-refractivity contribution in [2.24, 2.45) is 0 Å². The Morgan fingerprint density at radius 2 is 1.80 bits per heavy atom. The summed E-state index contributed by atoms with van der Waals surface area (Å²) in [4.78, 5) is 13.7. The van der Waals surface area contributed by atoms with Crippen molar-refractivity contribution in [2.45, 2.75) is 39.3 Å². The summed E-state index contributed by atoms with van der Waals surface area (Å²) in [7, 11) is 0. The number of nitrogens with zero attached hydrogens (tertiary/aromatic N) is 1. The van der Waals surface area contributed by atoms with Gasteiger partial charge in [0.15, 0.2) is 0 Å². The lowest BCUT2D eigenvalue weighted by Gasteiger charge is -2.26. The van der Waals surface area contributed by atoms with Crippen LogP contribution < -0.4 is 5.32 Å². The smallest absolute Gasteiger partial charge is 0.407 e. The predicted octanol–water partition coefficient (Wildman–Crippen LogP) is 2.92. The zero-order valence-electron chi connectivity index (χ0n) is 12.2. The maximum absolute atomic E-state index is 11.2. The second-order valence-corrected chi connectivity index (χ2v) is 5.23. The fourth-order valence-electron chi connectivity index (χ4n) is 2.49. The van der Waals surface area contributed by atoms with Crippen LogP contribution in [0.5, 0.6) is 0 Å². The molecule has 4 heteroatoms. The van der Waals surface area contributed by atoms with Gasteiger partial charge < -0.3 is 10.1 Å². The summed E-state index contributed by atoms with van der Waals surface area (Å²) in [5.74, 6) is 0. The summed E-state index contributed by atoms with van der Waals surface area (Å²) >= 11 is 0. The van der Waals surface area contributed by atoms with Crippen molar-refractivity contribution in [3.8, 4) is 0 Å². The molecule has 20 heavy (non-hydrogen) atoms. The van der Waals surface area contributed by atoms with Gasteiger partial charge in [0.05, 0.1) is 6.61 Å². The van der Waals surface area contributed by atoms with Crippen LogP contribution in [-0.4, -0.2) is 30.7 Å². The molecule has 0 aliphatic carbocycles. The standard InChI is InChI=1S/C16H24N2O2/c1-2-20-16(19)17-12-14-6-8-15(9-7-14)13-18-10-4-3-5-11-18/h6-9H,2-5,10-13H2,1H3,(H,17,19). The maximum atomic E-state index is 11.2. The number of carbonyl (C=O) groups is 1. The van der Waals surface area contributed by atoms with Gasteiger partial charge in [-0.25, -0.2) is 4.79 Å². The molecule has 0 unspecified atom stereocenters. The Balaban J connectivity index is 1.78. The topological polar surface area (TPSA) is 41.6 Å². The zero-order chi connectivity index (χ0) is 14.2. The number of hydrogen-bond donors (Lipinski definition) is 1. The Hall–Kier alpha value is -1.55. The Bertz CT molecular complexity index is 411. The molecule has 0 aromatic heterocycles. The lowest BCUT2D eigenvalue weighted by Crippen LogP contribution is -2.29. The molecule has 1 amide bonds. The number of ether oxygens (including phenoxy) is 1. The predicted molar refractivity (Wildman–Crippen MR) is 79.4 cm³/mol. The van der Waals surface area contributed by atoms with E-state index in [1.165, 1.54) is 37.9 Å². The molecule has 1 saturated heterocycles. The van der Waals surface area contributed by atoms with E-state index in [4.69, 9.17) is 4.74 Å². The molecule has 1 heterocycles. The van der Waals surface area contributed by atoms with Gasteiger partial charge in [-0.05, 0) is 44.0 Å². The largest absolute Gasteiger partial charge is 0.450 e. The highest BCUT2D eigenvalue weighted by Crippen LogP contribution is 2.13. The summed E-state index contributed by atoms with van der Waals surface area (Å²) in [6.45, 7) is 6.18. The van der Waals surface area contributed by atoms with Crippen LogP contribution in [0.2, 0.25) is 0 Å². The van der Waals surface area contributed by atoms with E-state index >= 15 is 0 Å². The van der Waals surface area contributed by atoms with Crippen LogP contribution in [0, 0.1) is 0 Å². The number of hydrogen-bond acceptors (Lipinski definition) is 3. The van der Waals surface area contributed by atoms with Gasteiger partial charge >= 0.3 is 6.09 Å². The van der Waals surface area contributed by atoms with Crippen LogP contribution >= 0.6 is 0 Å². The molecule has 1 aromatic rings. The highest BCUT2D eigenvalue weighted by atomic mass is 16.5. The van der Waals surface area contributed by atoms with Gasteiger partial charge in [-0.3, -0.25) is 4.90 Å². The van der Waals surface area contributed by atoms with Crippen LogP contribution in [0.1, 0.15) is 37.3 Å². The molecule has 4 nitrogen and oxygen atoms in total. The third kappa shape index (κ3) is 4.85. The number of benzene rings is 1. The van der Waals surface area contributed by atoms with Gasteiger partial charge in [0.25, 0.3) is 0 Å². The highest BCUT2D eigenvalue weighted by molar-refractivity contribution is 5.67. The molecule has 2 rings (SSSR count). The summed E-state index contributed by atoms with van der Waals surface area (Å²) in [6.07, 6.45) is 3.66. The minimum absolute atomic E-state index is 0.357. The molecule has 0 bridgehead atoms. The number of likely N-dealkylation sites (tertiary alicyclic amines) is 1. The van der Waals surface area contributed by atoms with E-state index in [0.29, 0.717) is 13.2 Å². The minimum Gasteiger partial charge on any atom is -0.450 e. The van der Waals surface area contributed by atoms with Crippen molar-refractivity contribution < 1.29 is 9.53 Å². The Labute approximate surface area is 121 Å². The molecule has 1 N–H and O–H groups in total. The van der Waals surface area contributed by atoms with Crippen molar-refractivity contribution in [1.82, 2.24) is 10.2 Å². The molecule has 0 radical (unpaired) electrons. The van der Waals surface area contributed by atoms with Crippen molar-refractivity contribution in [3.63, 3.8) is 0 Å². The van der Waals surface area contributed by atoms with Crippen LogP contribution in [-0.2, 0) is 17.8 Å². The first-order chi connectivity index (χ1) is 9.78. The Kier molecular flexibility index (Phi) is 5.87. The first kappa shape index (κ1) is 14.9. The third-order valence-corrected chi connectivity index (χ3v) is 3.59. The molecule has 0 atom stereocenters. The van der Waals surface area contributed by atoms with Crippen LogP contribution in [0.25, 0.3) is 0 Å². The summed E-state index contributed by atoms with van der Waals surface area (Å²) in [6, 6.07) is 8.45. The van der Waals surface area contributed by atoms with E-state index in [-0.39, 0.29) is 6.09 Å². The van der Waals surface area contributed by atoms with Crippen LogP contribution in [0.3, 0.4) is 0 Å². The molecule has 1 fully saturated rings. The van der Waals surface area contributed by atoms with Crippen molar-refractivity contribution in [1.29, 1.82) is 0 Å². The number of rotatable bonds is 5. The molecular weight excluding hydrogens is 252 g/mol. The number of nitrogens with one attached hydrogen (secondary N) is 1. The summed E-state index contributed by atoms with van der Waals surface area (Å²) in [5.41, 5.74) is 2.44.